The first kappa shape index (κ1) is 24.5. The first-order valence-corrected chi connectivity index (χ1v) is 11.1. The molecule has 2 rings (SSSR count). The summed E-state index contributed by atoms with van der Waals surface area (Å²) in [6.07, 6.45) is 6.39. The smallest absolute Gasteiger partial charge is 0.249 e. The number of piperazine rings is 1. The highest BCUT2D eigenvalue weighted by molar-refractivity contribution is 6.03. The van der Waals surface area contributed by atoms with E-state index in [0.717, 1.165) is 24.2 Å². The van der Waals surface area contributed by atoms with Gasteiger partial charge < -0.3 is 15.3 Å². The van der Waals surface area contributed by atoms with Gasteiger partial charge in [0.25, 0.3) is 0 Å². The van der Waals surface area contributed by atoms with Gasteiger partial charge >= 0.3 is 0 Å². The van der Waals surface area contributed by atoms with Crippen LogP contribution in [0.3, 0.4) is 0 Å². The van der Waals surface area contributed by atoms with Crippen LogP contribution in [0.5, 0.6) is 0 Å². The SMILES string of the molecule is CCCCCCCCCC(=O)NC(C(=O)N1CC(=O)NC(=O)C1)C(O)c1ccccc1. The fraction of sp³-hybridized carbons (Fsp3) is 0.565. The van der Waals surface area contributed by atoms with Gasteiger partial charge in [-0.2, -0.15) is 0 Å². The molecule has 1 heterocycles. The normalized spacial score (nSPS) is 15.9. The van der Waals surface area contributed by atoms with Crippen molar-refractivity contribution < 1.29 is 24.3 Å². The lowest BCUT2D eigenvalue weighted by Crippen LogP contribution is -2.59. The lowest BCUT2D eigenvalue weighted by Gasteiger charge is -2.31. The Bertz CT molecular complexity index is 737. The summed E-state index contributed by atoms with van der Waals surface area (Å²) in [5.41, 5.74) is 0.463. The summed E-state index contributed by atoms with van der Waals surface area (Å²) in [5, 5.41) is 15.6. The molecule has 1 saturated heterocycles. The standard InChI is InChI=1S/C23H33N3O5/c1-2-3-4-5-6-7-11-14-18(27)25-21(22(30)17-12-9-8-10-13-17)23(31)26-15-19(28)24-20(29)16-26/h8-10,12-13,21-22,30H,2-7,11,14-16H2,1H3,(H,25,27)(H,24,28,29). The summed E-state index contributed by atoms with van der Waals surface area (Å²) in [6.45, 7) is 1.57. The van der Waals surface area contributed by atoms with Gasteiger partial charge in [0, 0.05) is 6.42 Å². The first-order chi connectivity index (χ1) is 14.9. The number of hydrogen-bond acceptors (Lipinski definition) is 5. The predicted molar refractivity (Wildman–Crippen MR) is 116 cm³/mol. The molecule has 8 heteroatoms. The summed E-state index contributed by atoms with van der Waals surface area (Å²) < 4.78 is 0. The Balaban J connectivity index is 1.99. The van der Waals surface area contributed by atoms with Gasteiger partial charge in [-0.05, 0) is 12.0 Å². The fourth-order valence-electron chi connectivity index (χ4n) is 3.60. The average molecular weight is 432 g/mol. The number of benzene rings is 1. The lowest BCUT2D eigenvalue weighted by molar-refractivity contribution is -0.149. The highest BCUT2D eigenvalue weighted by Crippen LogP contribution is 2.19. The van der Waals surface area contributed by atoms with Gasteiger partial charge in [-0.1, -0.05) is 75.8 Å². The molecule has 1 aliphatic heterocycles. The Morgan fingerprint density at radius 2 is 1.58 bits per heavy atom. The summed E-state index contributed by atoms with van der Waals surface area (Å²) in [6, 6.07) is 7.25. The van der Waals surface area contributed by atoms with E-state index in [4.69, 9.17) is 0 Å². The minimum atomic E-state index is -1.30. The number of nitrogens with one attached hydrogen (secondary N) is 2. The van der Waals surface area contributed by atoms with Gasteiger partial charge in [-0.3, -0.25) is 24.5 Å². The van der Waals surface area contributed by atoms with E-state index < -0.39 is 29.9 Å². The van der Waals surface area contributed by atoms with Crippen LogP contribution in [0.4, 0.5) is 0 Å². The molecule has 0 aliphatic carbocycles. The molecular weight excluding hydrogens is 398 g/mol. The number of carbonyl (C=O) groups is 4. The van der Waals surface area contributed by atoms with Crippen molar-refractivity contribution in [3.8, 4) is 0 Å². The van der Waals surface area contributed by atoms with Gasteiger partial charge in [0.2, 0.25) is 23.6 Å². The van der Waals surface area contributed by atoms with Gasteiger partial charge in [0.1, 0.15) is 25.2 Å². The van der Waals surface area contributed by atoms with Crippen molar-refractivity contribution in [2.24, 2.45) is 0 Å². The third-order valence-corrected chi connectivity index (χ3v) is 5.31. The number of unbranched alkanes of at least 4 members (excludes halogenated alkanes) is 6. The Morgan fingerprint density at radius 1 is 1.00 bits per heavy atom. The fourth-order valence-corrected chi connectivity index (χ4v) is 3.60. The van der Waals surface area contributed by atoms with Crippen molar-refractivity contribution in [3.63, 3.8) is 0 Å². The molecule has 1 aromatic rings. The second-order valence-corrected chi connectivity index (χ2v) is 7.94. The highest BCUT2D eigenvalue weighted by atomic mass is 16.3. The van der Waals surface area contributed by atoms with Crippen LogP contribution in [-0.4, -0.2) is 52.8 Å². The number of rotatable bonds is 12. The molecule has 0 radical (unpaired) electrons. The monoisotopic (exact) mass is 431 g/mol. The zero-order chi connectivity index (χ0) is 22.6. The molecule has 8 nitrogen and oxygen atoms in total. The van der Waals surface area contributed by atoms with Crippen molar-refractivity contribution in [1.29, 1.82) is 0 Å². The lowest BCUT2D eigenvalue weighted by atomic mass is 10.00. The maximum Gasteiger partial charge on any atom is 0.249 e. The number of aliphatic hydroxyl groups is 1. The number of carbonyl (C=O) groups excluding carboxylic acids is 4. The molecule has 2 atom stereocenters. The molecule has 4 amide bonds. The molecule has 0 aromatic heterocycles. The predicted octanol–water partition coefficient (Wildman–Crippen LogP) is 1.83. The number of aliphatic hydroxyl groups excluding tert-OH is 1. The van der Waals surface area contributed by atoms with Crippen molar-refractivity contribution in [2.45, 2.75) is 70.4 Å². The largest absolute Gasteiger partial charge is 0.386 e. The highest BCUT2D eigenvalue weighted by Gasteiger charge is 2.36. The molecule has 1 aromatic carbocycles. The molecule has 31 heavy (non-hydrogen) atoms. The third-order valence-electron chi connectivity index (χ3n) is 5.31. The molecule has 2 unspecified atom stereocenters. The molecule has 0 saturated carbocycles. The van der Waals surface area contributed by atoms with Crippen LogP contribution >= 0.6 is 0 Å². The zero-order valence-corrected chi connectivity index (χ0v) is 18.1. The molecule has 3 N–H and O–H groups in total. The van der Waals surface area contributed by atoms with Gasteiger partial charge in [0.05, 0.1) is 0 Å². The summed E-state index contributed by atoms with van der Waals surface area (Å²) in [5.74, 6) is -2.18. The quantitative estimate of drug-likeness (QED) is 0.345. The topological polar surface area (TPSA) is 116 Å². The van der Waals surface area contributed by atoms with Crippen LogP contribution < -0.4 is 10.6 Å². The second-order valence-electron chi connectivity index (χ2n) is 7.94. The van der Waals surface area contributed by atoms with Crippen LogP contribution in [0.15, 0.2) is 30.3 Å². The molecule has 0 bridgehead atoms. The van der Waals surface area contributed by atoms with E-state index >= 15 is 0 Å². The van der Waals surface area contributed by atoms with E-state index in [1.54, 1.807) is 30.3 Å². The average Bonchev–Trinajstić information content (AvgIpc) is 2.76. The van der Waals surface area contributed by atoms with Crippen LogP contribution in [-0.2, 0) is 19.2 Å². The van der Waals surface area contributed by atoms with E-state index in [0.29, 0.717) is 12.0 Å². The van der Waals surface area contributed by atoms with Gasteiger partial charge in [-0.15, -0.1) is 0 Å². The van der Waals surface area contributed by atoms with Crippen molar-refractivity contribution in [2.75, 3.05) is 13.1 Å². The number of imide groups is 1. The van der Waals surface area contributed by atoms with Crippen LogP contribution in [0, 0.1) is 0 Å². The van der Waals surface area contributed by atoms with Crippen LogP contribution in [0.1, 0.15) is 70.0 Å². The maximum absolute atomic E-state index is 13.0. The molecular formula is C23H33N3O5. The molecule has 1 aliphatic rings. The summed E-state index contributed by atoms with van der Waals surface area (Å²) in [7, 11) is 0. The first-order valence-electron chi connectivity index (χ1n) is 11.1. The summed E-state index contributed by atoms with van der Waals surface area (Å²) >= 11 is 0. The van der Waals surface area contributed by atoms with Crippen molar-refractivity contribution in [1.82, 2.24) is 15.5 Å². The number of hydrogen-bond donors (Lipinski definition) is 3. The Hall–Kier alpha value is -2.74. The van der Waals surface area contributed by atoms with E-state index in [1.807, 2.05) is 0 Å². The third kappa shape index (κ3) is 8.13. The second kappa shape index (κ2) is 12.8. The molecule has 0 spiro atoms. The van der Waals surface area contributed by atoms with Crippen LogP contribution in [0.2, 0.25) is 0 Å². The minimum absolute atomic E-state index is 0.248. The van der Waals surface area contributed by atoms with E-state index in [-0.39, 0.29) is 25.4 Å². The zero-order valence-electron chi connectivity index (χ0n) is 18.1. The van der Waals surface area contributed by atoms with Crippen molar-refractivity contribution >= 4 is 23.6 Å². The minimum Gasteiger partial charge on any atom is -0.386 e. The van der Waals surface area contributed by atoms with Crippen molar-refractivity contribution in [3.05, 3.63) is 35.9 Å². The summed E-state index contributed by atoms with van der Waals surface area (Å²) in [4.78, 5) is 49.9. The Labute approximate surface area is 183 Å². The molecule has 170 valence electrons. The van der Waals surface area contributed by atoms with E-state index in [1.165, 1.54) is 19.3 Å². The number of nitrogens with zero attached hydrogens (tertiary/aromatic N) is 1. The van der Waals surface area contributed by atoms with Crippen LogP contribution in [0.25, 0.3) is 0 Å². The maximum atomic E-state index is 13.0. The van der Waals surface area contributed by atoms with E-state index in [2.05, 4.69) is 17.6 Å². The number of amides is 4. The van der Waals surface area contributed by atoms with E-state index in [9.17, 15) is 24.3 Å². The Morgan fingerprint density at radius 3 is 2.19 bits per heavy atom. The van der Waals surface area contributed by atoms with Gasteiger partial charge in [-0.25, -0.2) is 0 Å². The molecule has 1 fully saturated rings. The van der Waals surface area contributed by atoms with Gasteiger partial charge in [0.15, 0.2) is 0 Å². The Kier molecular flexibility index (Phi) is 10.2.